The van der Waals surface area contributed by atoms with Crippen molar-refractivity contribution in [2.45, 2.75) is 44.8 Å². The van der Waals surface area contributed by atoms with E-state index in [9.17, 15) is 5.11 Å². The average Bonchev–Trinajstić information content (AvgIpc) is 3.05. The molecule has 16 heavy (non-hydrogen) atoms. The van der Waals surface area contributed by atoms with Crippen molar-refractivity contribution >= 4 is 0 Å². The molecule has 1 unspecified atom stereocenters. The molecule has 0 bridgehead atoms. The second-order valence-electron chi connectivity index (χ2n) is 4.92. The number of methoxy groups -OCH3 is 1. The van der Waals surface area contributed by atoms with E-state index in [0.717, 1.165) is 25.7 Å². The fourth-order valence-electron chi connectivity index (χ4n) is 1.99. The van der Waals surface area contributed by atoms with Gasteiger partial charge in [-0.1, -0.05) is 13.8 Å². The van der Waals surface area contributed by atoms with E-state index < -0.39 is 0 Å². The summed E-state index contributed by atoms with van der Waals surface area (Å²) in [7, 11) is 1.74. The summed E-state index contributed by atoms with van der Waals surface area (Å²) in [6.07, 6.45) is 2.59. The van der Waals surface area contributed by atoms with E-state index >= 15 is 0 Å². The van der Waals surface area contributed by atoms with Crippen LogP contribution in [0.5, 0.6) is 0 Å². The molecule has 1 atom stereocenters. The highest BCUT2D eigenvalue weighted by molar-refractivity contribution is 4.87. The molecule has 4 heteroatoms. The molecule has 2 N–H and O–H groups in total. The lowest BCUT2D eigenvalue weighted by Crippen LogP contribution is -2.47. The summed E-state index contributed by atoms with van der Waals surface area (Å²) >= 11 is 0. The molecule has 1 aliphatic carbocycles. The molecule has 0 spiro atoms. The molecular formula is C12H26N2O2. The van der Waals surface area contributed by atoms with E-state index in [1.807, 2.05) is 0 Å². The Hall–Kier alpha value is -0.160. The standard InChI is InChI=1S/C12H26N2O2/c1-10(2)13-11(9-15)8-14(6-7-16-3)12-4-5-12/h10-13,15H,4-9H2,1-3H3. The summed E-state index contributed by atoms with van der Waals surface area (Å²) in [5.74, 6) is 0. The van der Waals surface area contributed by atoms with Crippen LogP contribution in [0.25, 0.3) is 0 Å². The van der Waals surface area contributed by atoms with Gasteiger partial charge in [-0.15, -0.1) is 0 Å². The second-order valence-corrected chi connectivity index (χ2v) is 4.92. The van der Waals surface area contributed by atoms with Crippen LogP contribution in [0.3, 0.4) is 0 Å². The molecule has 1 fully saturated rings. The van der Waals surface area contributed by atoms with Gasteiger partial charge in [0.1, 0.15) is 0 Å². The summed E-state index contributed by atoms with van der Waals surface area (Å²) in [6, 6.07) is 1.32. The Balaban J connectivity index is 2.32. The molecule has 1 aliphatic rings. The molecule has 0 saturated heterocycles. The first-order valence-electron chi connectivity index (χ1n) is 6.27. The quantitative estimate of drug-likeness (QED) is 0.604. The fourth-order valence-corrected chi connectivity index (χ4v) is 1.99. The van der Waals surface area contributed by atoms with Crippen LogP contribution in [0.1, 0.15) is 26.7 Å². The molecule has 0 aromatic heterocycles. The second kappa shape index (κ2) is 7.22. The monoisotopic (exact) mass is 230 g/mol. The third kappa shape index (κ3) is 5.25. The predicted molar refractivity (Wildman–Crippen MR) is 65.6 cm³/mol. The van der Waals surface area contributed by atoms with Crippen molar-refractivity contribution < 1.29 is 9.84 Å². The van der Waals surface area contributed by atoms with Crippen LogP contribution in [-0.4, -0.2) is 61.5 Å². The van der Waals surface area contributed by atoms with Crippen molar-refractivity contribution in [3.63, 3.8) is 0 Å². The van der Waals surface area contributed by atoms with Crippen molar-refractivity contribution in [1.29, 1.82) is 0 Å². The number of nitrogens with one attached hydrogen (secondary N) is 1. The van der Waals surface area contributed by atoms with Crippen molar-refractivity contribution in [3.05, 3.63) is 0 Å². The van der Waals surface area contributed by atoms with Crippen molar-refractivity contribution in [2.75, 3.05) is 33.4 Å². The highest BCUT2D eigenvalue weighted by Crippen LogP contribution is 2.26. The topological polar surface area (TPSA) is 44.7 Å². The Morgan fingerprint density at radius 3 is 2.56 bits per heavy atom. The minimum atomic E-state index is 0.178. The normalized spacial score (nSPS) is 18.4. The Morgan fingerprint density at radius 1 is 1.44 bits per heavy atom. The van der Waals surface area contributed by atoms with Crippen molar-refractivity contribution in [2.24, 2.45) is 0 Å². The highest BCUT2D eigenvalue weighted by atomic mass is 16.5. The summed E-state index contributed by atoms with van der Waals surface area (Å²) < 4.78 is 5.12. The van der Waals surface area contributed by atoms with Gasteiger partial charge in [0.15, 0.2) is 0 Å². The van der Waals surface area contributed by atoms with Crippen molar-refractivity contribution in [3.8, 4) is 0 Å². The van der Waals surface area contributed by atoms with Crippen LogP contribution >= 0.6 is 0 Å². The first-order chi connectivity index (χ1) is 7.67. The molecule has 1 saturated carbocycles. The lowest BCUT2D eigenvalue weighted by atomic mass is 10.2. The Bertz CT molecular complexity index is 184. The van der Waals surface area contributed by atoms with Gasteiger partial charge in [0.25, 0.3) is 0 Å². The minimum Gasteiger partial charge on any atom is -0.395 e. The maximum atomic E-state index is 9.33. The van der Waals surface area contributed by atoms with Crippen LogP contribution < -0.4 is 5.32 Å². The molecule has 1 rings (SSSR count). The van der Waals surface area contributed by atoms with Gasteiger partial charge in [-0.3, -0.25) is 4.90 Å². The lowest BCUT2D eigenvalue weighted by molar-refractivity contribution is 0.121. The fraction of sp³-hybridized carbons (Fsp3) is 1.00. The van der Waals surface area contributed by atoms with Gasteiger partial charge in [0.2, 0.25) is 0 Å². The first-order valence-corrected chi connectivity index (χ1v) is 6.27. The Morgan fingerprint density at radius 2 is 2.12 bits per heavy atom. The van der Waals surface area contributed by atoms with Crippen LogP contribution in [0.15, 0.2) is 0 Å². The van der Waals surface area contributed by atoms with Crippen LogP contribution in [0, 0.1) is 0 Å². The van der Waals surface area contributed by atoms with Gasteiger partial charge in [-0.2, -0.15) is 0 Å². The van der Waals surface area contributed by atoms with Crippen LogP contribution in [0.2, 0.25) is 0 Å². The van der Waals surface area contributed by atoms with Gasteiger partial charge >= 0.3 is 0 Å². The third-order valence-electron chi connectivity index (χ3n) is 2.89. The molecule has 0 amide bonds. The number of rotatable bonds is 9. The molecule has 0 radical (unpaired) electrons. The minimum absolute atomic E-state index is 0.178. The van der Waals surface area contributed by atoms with Gasteiger partial charge in [0, 0.05) is 38.3 Å². The predicted octanol–water partition coefficient (Wildman–Crippen LogP) is 0.456. The molecular weight excluding hydrogens is 204 g/mol. The third-order valence-corrected chi connectivity index (χ3v) is 2.89. The number of ether oxygens (including phenoxy) is 1. The molecule has 0 aromatic carbocycles. The number of aliphatic hydroxyl groups is 1. The van der Waals surface area contributed by atoms with E-state index in [1.54, 1.807) is 7.11 Å². The maximum absolute atomic E-state index is 9.33. The summed E-state index contributed by atoms with van der Waals surface area (Å²) in [6.45, 7) is 7.09. The largest absolute Gasteiger partial charge is 0.395 e. The van der Waals surface area contributed by atoms with Crippen LogP contribution in [0.4, 0.5) is 0 Å². The number of hydrogen-bond acceptors (Lipinski definition) is 4. The Labute approximate surface area is 99.0 Å². The molecule has 96 valence electrons. The van der Waals surface area contributed by atoms with E-state index in [2.05, 4.69) is 24.1 Å². The lowest BCUT2D eigenvalue weighted by Gasteiger charge is -2.28. The summed E-state index contributed by atoms with van der Waals surface area (Å²) in [5.41, 5.74) is 0. The van der Waals surface area contributed by atoms with E-state index in [-0.39, 0.29) is 12.6 Å². The zero-order valence-corrected chi connectivity index (χ0v) is 10.8. The maximum Gasteiger partial charge on any atom is 0.0597 e. The zero-order valence-electron chi connectivity index (χ0n) is 10.8. The average molecular weight is 230 g/mol. The van der Waals surface area contributed by atoms with E-state index in [0.29, 0.717) is 6.04 Å². The number of hydrogen-bond donors (Lipinski definition) is 2. The van der Waals surface area contributed by atoms with Crippen molar-refractivity contribution in [1.82, 2.24) is 10.2 Å². The zero-order chi connectivity index (χ0) is 12.0. The van der Waals surface area contributed by atoms with Crippen LogP contribution in [-0.2, 0) is 4.74 Å². The highest BCUT2D eigenvalue weighted by Gasteiger charge is 2.30. The number of aliphatic hydroxyl groups excluding tert-OH is 1. The molecule has 0 aromatic rings. The smallest absolute Gasteiger partial charge is 0.0597 e. The molecule has 0 heterocycles. The Kier molecular flexibility index (Phi) is 6.28. The van der Waals surface area contributed by atoms with Gasteiger partial charge < -0.3 is 15.2 Å². The number of nitrogens with zero attached hydrogens (tertiary/aromatic N) is 1. The van der Waals surface area contributed by atoms with Gasteiger partial charge in [-0.25, -0.2) is 0 Å². The van der Waals surface area contributed by atoms with E-state index in [4.69, 9.17) is 4.74 Å². The van der Waals surface area contributed by atoms with E-state index in [1.165, 1.54) is 12.8 Å². The summed E-state index contributed by atoms with van der Waals surface area (Å²) in [5, 5.41) is 12.7. The molecule has 0 aliphatic heterocycles. The molecule has 4 nitrogen and oxygen atoms in total. The van der Waals surface area contributed by atoms with Gasteiger partial charge in [-0.05, 0) is 12.8 Å². The SMILES string of the molecule is COCCN(CC(CO)NC(C)C)C1CC1. The first kappa shape index (κ1) is 13.9. The van der Waals surface area contributed by atoms with Gasteiger partial charge in [0.05, 0.1) is 13.2 Å². The summed E-state index contributed by atoms with van der Waals surface area (Å²) in [4.78, 5) is 2.43.